The molecule has 0 radical (unpaired) electrons. The van der Waals surface area contributed by atoms with Crippen LogP contribution in [0.15, 0.2) is 29.6 Å². The Labute approximate surface area is 115 Å². The predicted molar refractivity (Wildman–Crippen MR) is 78.7 cm³/mol. The van der Waals surface area contributed by atoms with Crippen LogP contribution in [0.2, 0.25) is 0 Å². The largest absolute Gasteiger partial charge is 0.340 e. The molecule has 2 aromatic heterocycles. The summed E-state index contributed by atoms with van der Waals surface area (Å²) in [4.78, 5) is 9.70. The number of rotatable bonds is 1. The maximum Gasteiger partial charge on any atom is 0.129 e. The number of hydrogen-bond acceptors (Lipinski definition) is 3. The predicted octanol–water partition coefficient (Wildman–Crippen LogP) is 3.17. The summed E-state index contributed by atoms with van der Waals surface area (Å²) in [5.74, 6) is 1.03. The van der Waals surface area contributed by atoms with Gasteiger partial charge in [0.25, 0.3) is 0 Å². The summed E-state index contributed by atoms with van der Waals surface area (Å²) in [7, 11) is 0. The van der Waals surface area contributed by atoms with Gasteiger partial charge in [-0.1, -0.05) is 6.07 Å². The number of fused-ring (bicyclic) bond motifs is 2. The van der Waals surface area contributed by atoms with Crippen molar-refractivity contribution in [1.29, 1.82) is 0 Å². The summed E-state index contributed by atoms with van der Waals surface area (Å²) in [6.07, 6.45) is 1.13. The van der Waals surface area contributed by atoms with Crippen molar-refractivity contribution >= 4 is 22.4 Å². The van der Waals surface area contributed by atoms with Crippen LogP contribution in [-0.2, 0) is 6.42 Å². The third kappa shape index (κ3) is 1.79. The van der Waals surface area contributed by atoms with E-state index in [9.17, 15) is 0 Å². The molecule has 4 heteroatoms. The molecule has 1 aliphatic heterocycles. The van der Waals surface area contributed by atoms with Crippen LogP contribution in [0.1, 0.15) is 27.9 Å². The molecule has 0 spiro atoms. The average molecular weight is 269 g/mol. The first-order valence-electron chi connectivity index (χ1n) is 6.57. The third-order valence-corrected chi connectivity index (χ3v) is 4.72. The fraction of sp³-hybridized carbons (Fsp3) is 0.267. The van der Waals surface area contributed by atoms with E-state index in [2.05, 4.69) is 46.9 Å². The number of H-pyrrole nitrogens is 1. The van der Waals surface area contributed by atoms with Gasteiger partial charge in [-0.15, -0.1) is 11.3 Å². The minimum Gasteiger partial charge on any atom is -0.340 e. The molecule has 2 N–H and O–H groups in total. The third-order valence-electron chi connectivity index (χ3n) is 3.72. The average Bonchev–Trinajstić information content (AvgIpc) is 3.03. The highest BCUT2D eigenvalue weighted by Gasteiger charge is 2.24. The molecule has 1 aromatic carbocycles. The number of imidazole rings is 1. The number of aromatic amines is 1. The number of thiophene rings is 1. The Morgan fingerprint density at radius 2 is 2.26 bits per heavy atom. The van der Waals surface area contributed by atoms with E-state index in [-0.39, 0.29) is 6.04 Å². The Balaban J connectivity index is 1.83. The van der Waals surface area contributed by atoms with Gasteiger partial charge in [-0.25, -0.2) is 4.98 Å². The fourth-order valence-corrected chi connectivity index (χ4v) is 3.70. The zero-order valence-electron chi connectivity index (χ0n) is 10.7. The Morgan fingerprint density at radius 3 is 3.21 bits per heavy atom. The molecule has 96 valence electrons. The maximum absolute atomic E-state index is 4.74. The van der Waals surface area contributed by atoms with E-state index in [4.69, 9.17) is 4.98 Å². The Hall–Kier alpha value is -1.65. The van der Waals surface area contributed by atoms with Crippen LogP contribution in [0.5, 0.6) is 0 Å². The van der Waals surface area contributed by atoms with Crippen molar-refractivity contribution in [3.63, 3.8) is 0 Å². The normalized spacial score (nSPS) is 18.7. The van der Waals surface area contributed by atoms with Crippen molar-refractivity contribution in [2.45, 2.75) is 19.4 Å². The second kappa shape index (κ2) is 4.18. The molecule has 0 aliphatic carbocycles. The van der Waals surface area contributed by atoms with E-state index in [1.165, 1.54) is 16.0 Å². The molecule has 4 rings (SSSR count). The molecule has 19 heavy (non-hydrogen) atoms. The minimum absolute atomic E-state index is 0.211. The van der Waals surface area contributed by atoms with Gasteiger partial charge in [-0.05, 0) is 48.1 Å². The van der Waals surface area contributed by atoms with E-state index >= 15 is 0 Å². The molecule has 0 fully saturated rings. The van der Waals surface area contributed by atoms with Crippen molar-refractivity contribution in [3.05, 3.63) is 51.5 Å². The van der Waals surface area contributed by atoms with E-state index < -0.39 is 0 Å². The van der Waals surface area contributed by atoms with E-state index in [0.29, 0.717) is 0 Å². The second-order valence-corrected chi connectivity index (χ2v) is 6.08. The van der Waals surface area contributed by atoms with Crippen molar-refractivity contribution in [2.75, 3.05) is 6.54 Å². The van der Waals surface area contributed by atoms with Gasteiger partial charge in [0.1, 0.15) is 5.82 Å². The lowest BCUT2D eigenvalue weighted by molar-refractivity contribution is 0.555. The van der Waals surface area contributed by atoms with Crippen LogP contribution >= 0.6 is 11.3 Å². The Morgan fingerprint density at radius 1 is 1.32 bits per heavy atom. The van der Waals surface area contributed by atoms with Crippen LogP contribution in [-0.4, -0.2) is 16.5 Å². The van der Waals surface area contributed by atoms with Crippen LogP contribution in [0.3, 0.4) is 0 Å². The molecule has 1 atom stereocenters. The van der Waals surface area contributed by atoms with E-state index in [1.54, 1.807) is 0 Å². The Bertz CT molecular complexity index is 741. The molecule has 1 aliphatic rings. The lowest BCUT2D eigenvalue weighted by Crippen LogP contribution is -2.30. The quantitative estimate of drug-likeness (QED) is 0.712. The van der Waals surface area contributed by atoms with Crippen LogP contribution in [0.4, 0.5) is 0 Å². The van der Waals surface area contributed by atoms with Gasteiger partial charge in [-0.2, -0.15) is 0 Å². The van der Waals surface area contributed by atoms with Crippen molar-refractivity contribution in [2.24, 2.45) is 0 Å². The molecule has 1 unspecified atom stereocenters. The number of benzene rings is 1. The fourth-order valence-electron chi connectivity index (χ4n) is 2.77. The maximum atomic E-state index is 4.74. The number of hydrogen-bond donors (Lipinski definition) is 2. The van der Waals surface area contributed by atoms with Crippen molar-refractivity contribution in [1.82, 2.24) is 15.3 Å². The second-order valence-electron chi connectivity index (χ2n) is 5.08. The number of aryl methyl sites for hydroxylation is 1. The standard InChI is InChI=1S/C15H15N3S/c1-9-2-3-11-12(8-9)18-15(17-11)14-10-5-7-19-13(10)4-6-16-14/h2-3,5,7-8,14,16H,4,6H2,1H3,(H,17,18). The van der Waals surface area contributed by atoms with Gasteiger partial charge in [0.05, 0.1) is 17.1 Å². The zero-order valence-corrected chi connectivity index (χ0v) is 11.6. The van der Waals surface area contributed by atoms with Crippen LogP contribution < -0.4 is 5.32 Å². The summed E-state index contributed by atoms with van der Waals surface area (Å²) in [6.45, 7) is 3.13. The molecule has 0 bridgehead atoms. The molecule has 0 saturated heterocycles. The lowest BCUT2D eigenvalue weighted by Gasteiger charge is -2.22. The molecule has 3 aromatic rings. The smallest absolute Gasteiger partial charge is 0.129 e. The summed E-state index contributed by atoms with van der Waals surface area (Å²) in [5.41, 5.74) is 4.81. The van der Waals surface area contributed by atoms with E-state index in [0.717, 1.165) is 29.8 Å². The molecule has 0 amide bonds. The van der Waals surface area contributed by atoms with E-state index in [1.807, 2.05) is 11.3 Å². The topological polar surface area (TPSA) is 40.7 Å². The summed E-state index contributed by atoms with van der Waals surface area (Å²) in [5, 5.41) is 5.74. The number of aromatic nitrogens is 2. The summed E-state index contributed by atoms with van der Waals surface area (Å²) in [6, 6.07) is 8.78. The Kier molecular flexibility index (Phi) is 2.47. The highest BCUT2D eigenvalue weighted by atomic mass is 32.1. The van der Waals surface area contributed by atoms with Gasteiger partial charge >= 0.3 is 0 Å². The van der Waals surface area contributed by atoms with Gasteiger partial charge in [0.15, 0.2) is 0 Å². The lowest BCUT2D eigenvalue weighted by atomic mass is 10.0. The SMILES string of the molecule is Cc1ccc2nc(C3NCCc4sccc43)[nH]c2c1. The highest BCUT2D eigenvalue weighted by Crippen LogP contribution is 2.31. The van der Waals surface area contributed by atoms with Crippen LogP contribution in [0, 0.1) is 6.92 Å². The first kappa shape index (κ1) is 11.2. The monoisotopic (exact) mass is 269 g/mol. The molecular weight excluding hydrogens is 254 g/mol. The highest BCUT2D eigenvalue weighted by molar-refractivity contribution is 7.10. The first-order chi connectivity index (χ1) is 9.31. The zero-order chi connectivity index (χ0) is 12.8. The first-order valence-corrected chi connectivity index (χ1v) is 7.45. The molecular formula is C15H15N3S. The van der Waals surface area contributed by atoms with Gasteiger partial charge in [0.2, 0.25) is 0 Å². The minimum atomic E-state index is 0.211. The molecule has 0 saturated carbocycles. The number of nitrogens with one attached hydrogen (secondary N) is 2. The number of nitrogens with zero attached hydrogens (tertiary/aromatic N) is 1. The summed E-state index contributed by atoms with van der Waals surface area (Å²) >= 11 is 1.85. The summed E-state index contributed by atoms with van der Waals surface area (Å²) < 4.78 is 0. The van der Waals surface area contributed by atoms with Gasteiger partial charge < -0.3 is 10.3 Å². The van der Waals surface area contributed by atoms with Crippen molar-refractivity contribution < 1.29 is 0 Å². The van der Waals surface area contributed by atoms with Gasteiger partial charge in [0, 0.05) is 11.4 Å². The molecule has 3 nitrogen and oxygen atoms in total. The van der Waals surface area contributed by atoms with Crippen LogP contribution in [0.25, 0.3) is 11.0 Å². The van der Waals surface area contributed by atoms with Crippen molar-refractivity contribution in [3.8, 4) is 0 Å². The van der Waals surface area contributed by atoms with Gasteiger partial charge in [-0.3, -0.25) is 0 Å². The molecule has 3 heterocycles.